The molecule has 0 unspecified atom stereocenters. The number of nitrogens with two attached hydrogens (primary N) is 2. The third-order valence-electron chi connectivity index (χ3n) is 6.08. The highest BCUT2D eigenvalue weighted by atomic mass is 16.6. The fraction of sp³-hybridized carbons (Fsp3) is 0.185. The van der Waals surface area contributed by atoms with Crippen LogP contribution in [-0.4, -0.2) is 9.85 Å². The van der Waals surface area contributed by atoms with Gasteiger partial charge in [-0.05, 0) is 78.8 Å². The summed E-state index contributed by atoms with van der Waals surface area (Å²) in [6.07, 6.45) is 4.73. The van der Waals surface area contributed by atoms with Crippen LogP contribution in [-0.2, 0) is 0 Å². The van der Waals surface area contributed by atoms with E-state index in [0.29, 0.717) is 17.3 Å². The highest BCUT2D eigenvalue weighted by Gasteiger charge is 2.27. The van der Waals surface area contributed by atoms with E-state index in [1.54, 1.807) is 13.8 Å². The van der Waals surface area contributed by atoms with E-state index in [1.165, 1.54) is 64.2 Å². The van der Waals surface area contributed by atoms with Gasteiger partial charge in [0.05, 0.1) is 9.85 Å². The van der Waals surface area contributed by atoms with Crippen molar-refractivity contribution in [3.05, 3.63) is 115 Å². The van der Waals surface area contributed by atoms with E-state index in [0.717, 1.165) is 11.1 Å². The molecule has 2 aliphatic rings. The van der Waals surface area contributed by atoms with E-state index in [2.05, 4.69) is 44.2 Å². The number of hydrogen-bond donors (Lipinski definition) is 2. The van der Waals surface area contributed by atoms with Gasteiger partial charge >= 0.3 is 0 Å². The quantitative estimate of drug-likeness (QED) is 0.245. The Morgan fingerprint density at radius 3 is 1.43 bits per heavy atom. The molecule has 3 aromatic carbocycles. The maximum Gasteiger partial charge on any atom is 0.269 e. The van der Waals surface area contributed by atoms with E-state index >= 15 is 0 Å². The van der Waals surface area contributed by atoms with Crippen LogP contribution in [0.1, 0.15) is 47.6 Å². The van der Waals surface area contributed by atoms with Crippen molar-refractivity contribution in [2.75, 3.05) is 11.5 Å². The second-order valence-corrected chi connectivity index (χ2v) is 8.59. The van der Waals surface area contributed by atoms with Gasteiger partial charge < -0.3 is 11.5 Å². The van der Waals surface area contributed by atoms with Crippen LogP contribution in [0.2, 0.25) is 0 Å². The molecule has 180 valence electrons. The SMILES string of the molecule is CC1=CC2C=C(C)c3cccc1c32.Cc1cc([N+](=O)[O-])ccc1N.Cc1cc([N+](=O)[O-])ccc1N. The molecule has 3 aromatic rings. The molecule has 2 aliphatic carbocycles. The first-order valence-electron chi connectivity index (χ1n) is 11.0. The number of nitrogens with zero attached hydrogens (tertiary/aromatic N) is 2. The van der Waals surface area contributed by atoms with Gasteiger partial charge in [0.1, 0.15) is 0 Å². The van der Waals surface area contributed by atoms with Crippen LogP contribution < -0.4 is 11.5 Å². The first kappa shape index (κ1) is 25.2. The number of hydrogen-bond acceptors (Lipinski definition) is 6. The van der Waals surface area contributed by atoms with Gasteiger partial charge in [-0.15, -0.1) is 0 Å². The molecule has 0 heterocycles. The van der Waals surface area contributed by atoms with Crippen LogP contribution in [0.25, 0.3) is 11.1 Å². The summed E-state index contributed by atoms with van der Waals surface area (Å²) in [7, 11) is 0. The third-order valence-corrected chi connectivity index (χ3v) is 6.08. The molecular formula is C27H28N4O4. The Morgan fingerprint density at radius 2 is 1.09 bits per heavy atom. The molecule has 8 heteroatoms. The van der Waals surface area contributed by atoms with Crippen LogP contribution in [0.3, 0.4) is 0 Å². The Morgan fingerprint density at radius 1 is 0.686 bits per heavy atom. The van der Waals surface area contributed by atoms with E-state index in [4.69, 9.17) is 11.5 Å². The van der Waals surface area contributed by atoms with Crippen LogP contribution >= 0.6 is 0 Å². The highest BCUT2D eigenvalue weighted by Crippen LogP contribution is 2.45. The standard InChI is InChI=1S/C13H12.2C7H8N2O2/c1-8-6-10-7-9(2)12-5-3-4-11(8)13(10)12;2*1-5-4-6(9(10)11)2-3-7(5)8/h3-7,10H,1-2H3;2*2-4H,8H2,1H3. The normalized spacial score (nSPS) is 12.9. The second kappa shape index (κ2) is 10.2. The van der Waals surface area contributed by atoms with Crippen molar-refractivity contribution in [1.29, 1.82) is 0 Å². The summed E-state index contributed by atoms with van der Waals surface area (Å²) in [5.41, 5.74) is 21.0. The van der Waals surface area contributed by atoms with Gasteiger partial charge in [-0.2, -0.15) is 0 Å². The first-order valence-corrected chi connectivity index (χ1v) is 11.0. The van der Waals surface area contributed by atoms with Crippen LogP contribution in [0.5, 0.6) is 0 Å². The van der Waals surface area contributed by atoms with Crippen molar-refractivity contribution >= 4 is 33.9 Å². The molecule has 0 fully saturated rings. The zero-order valence-electron chi connectivity index (χ0n) is 20.1. The average Bonchev–Trinajstić information content (AvgIpc) is 3.30. The van der Waals surface area contributed by atoms with Crippen molar-refractivity contribution in [1.82, 2.24) is 0 Å². The zero-order valence-corrected chi connectivity index (χ0v) is 20.1. The first-order chi connectivity index (χ1) is 16.5. The molecule has 4 N–H and O–H groups in total. The fourth-order valence-electron chi connectivity index (χ4n) is 4.09. The minimum absolute atomic E-state index is 0.0803. The monoisotopic (exact) mass is 472 g/mol. The lowest BCUT2D eigenvalue weighted by Gasteiger charge is -2.05. The van der Waals surface area contributed by atoms with Gasteiger partial charge in [-0.3, -0.25) is 20.2 Å². The van der Waals surface area contributed by atoms with Gasteiger partial charge in [0.2, 0.25) is 0 Å². The zero-order chi connectivity index (χ0) is 25.9. The summed E-state index contributed by atoms with van der Waals surface area (Å²) in [5.74, 6) is 0.575. The molecule has 35 heavy (non-hydrogen) atoms. The number of anilines is 2. The van der Waals surface area contributed by atoms with Gasteiger partial charge in [0.25, 0.3) is 11.4 Å². The Balaban J connectivity index is 0.000000148. The van der Waals surface area contributed by atoms with E-state index in [-0.39, 0.29) is 11.4 Å². The molecule has 0 atom stereocenters. The van der Waals surface area contributed by atoms with E-state index < -0.39 is 9.85 Å². The summed E-state index contributed by atoms with van der Waals surface area (Å²) < 4.78 is 0. The molecule has 0 saturated carbocycles. The number of nitrogen functional groups attached to an aromatic ring is 2. The predicted octanol–water partition coefficient (Wildman–Crippen LogP) is 6.57. The van der Waals surface area contributed by atoms with Crippen molar-refractivity contribution in [3.8, 4) is 0 Å². The van der Waals surface area contributed by atoms with Gasteiger partial charge in [-0.1, -0.05) is 30.4 Å². The maximum absolute atomic E-state index is 10.2. The average molecular weight is 473 g/mol. The smallest absolute Gasteiger partial charge is 0.269 e. The maximum atomic E-state index is 10.2. The number of nitro benzene ring substituents is 2. The van der Waals surface area contributed by atoms with E-state index in [9.17, 15) is 20.2 Å². The predicted molar refractivity (Wildman–Crippen MR) is 141 cm³/mol. The molecule has 5 rings (SSSR count). The topological polar surface area (TPSA) is 138 Å². The molecule has 8 nitrogen and oxygen atoms in total. The van der Waals surface area contributed by atoms with Gasteiger partial charge in [-0.25, -0.2) is 0 Å². The molecular weight excluding hydrogens is 444 g/mol. The van der Waals surface area contributed by atoms with Crippen molar-refractivity contribution in [2.45, 2.75) is 33.6 Å². The van der Waals surface area contributed by atoms with Crippen LogP contribution in [0, 0.1) is 34.1 Å². The summed E-state index contributed by atoms with van der Waals surface area (Å²) >= 11 is 0. The lowest BCUT2D eigenvalue weighted by atomic mass is 9.99. The molecule has 0 saturated heterocycles. The van der Waals surface area contributed by atoms with Crippen molar-refractivity contribution < 1.29 is 9.85 Å². The minimum Gasteiger partial charge on any atom is -0.399 e. The minimum atomic E-state index is -0.438. The van der Waals surface area contributed by atoms with Crippen LogP contribution in [0.4, 0.5) is 22.7 Å². The lowest BCUT2D eigenvalue weighted by Crippen LogP contribution is -1.92. The number of benzene rings is 3. The molecule has 0 aliphatic heterocycles. The summed E-state index contributed by atoms with van der Waals surface area (Å²) in [6.45, 7) is 7.89. The van der Waals surface area contributed by atoms with Gasteiger partial charge in [0.15, 0.2) is 0 Å². The third kappa shape index (κ3) is 5.55. The molecule has 0 spiro atoms. The number of nitro groups is 2. The summed E-state index contributed by atoms with van der Waals surface area (Å²) in [6, 6.07) is 15.4. The molecule has 0 aromatic heterocycles. The molecule has 0 amide bonds. The van der Waals surface area contributed by atoms with Crippen LogP contribution in [0.15, 0.2) is 66.7 Å². The number of aryl methyl sites for hydroxylation is 2. The lowest BCUT2D eigenvalue weighted by molar-refractivity contribution is -0.385. The molecule has 0 radical (unpaired) electrons. The van der Waals surface area contributed by atoms with E-state index in [1.807, 2.05) is 0 Å². The summed E-state index contributed by atoms with van der Waals surface area (Å²) in [5, 5.41) is 20.5. The number of non-ortho nitro benzene ring substituents is 2. The number of allylic oxidation sites excluding steroid dienone is 4. The largest absolute Gasteiger partial charge is 0.399 e. The summed E-state index contributed by atoms with van der Waals surface area (Å²) in [4.78, 5) is 19.6. The van der Waals surface area contributed by atoms with Crippen molar-refractivity contribution in [3.63, 3.8) is 0 Å². The Labute approximate surface area is 203 Å². The molecule has 0 bridgehead atoms. The van der Waals surface area contributed by atoms with Crippen molar-refractivity contribution in [2.24, 2.45) is 0 Å². The second-order valence-electron chi connectivity index (χ2n) is 8.59. The highest BCUT2D eigenvalue weighted by molar-refractivity contribution is 5.86. The number of rotatable bonds is 2. The Hall–Kier alpha value is -4.46. The Bertz CT molecular complexity index is 1280. The Kier molecular flexibility index (Phi) is 7.34. The van der Waals surface area contributed by atoms with Gasteiger partial charge in [0, 0.05) is 41.6 Å². The fourth-order valence-corrected chi connectivity index (χ4v) is 4.09.